The van der Waals surface area contributed by atoms with E-state index in [1.54, 1.807) is 7.11 Å². The summed E-state index contributed by atoms with van der Waals surface area (Å²) in [6, 6.07) is 12.9. The molecule has 0 bridgehead atoms. The number of nitrogens with two attached hydrogens (primary N) is 1. The summed E-state index contributed by atoms with van der Waals surface area (Å²) >= 11 is 9.53. The summed E-state index contributed by atoms with van der Waals surface area (Å²) in [5, 5.41) is 0.663. The van der Waals surface area contributed by atoms with Gasteiger partial charge in [0.15, 0.2) is 0 Å². The minimum absolute atomic E-state index is 0.183. The predicted molar refractivity (Wildman–Crippen MR) is 89.2 cm³/mol. The van der Waals surface area contributed by atoms with Crippen molar-refractivity contribution < 1.29 is 9.47 Å². The molecule has 0 radical (unpaired) electrons. The average Bonchev–Trinajstić information content (AvgIpc) is 2.45. The summed E-state index contributed by atoms with van der Waals surface area (Å²) in [5.41, 5.74) is 7.01. The van der Waals surface area contributed by atoms with E-state index in [2.05, 4.69) is 15.9 Å². The fourth-order valence-electron chi connectivity index (χ4n) is 2.00. The average molecular weight is 371 g/mol. The first-order valence-electron chi connectivity index (χ1n) is 6.52. The van der Waals surface area contributed by atoms with Gasteiger partial charge in [-0.05, 0) is 58.7 Å². The van der Waals surface area contributed by atoms with Gasteiger partial charge in [0.25, 0.3) is 0 Å². The van der Waals surface area contributed by atoms with Gasteiger partial charge in [-0.1, -0.05) is 23.7 Å². The van der Waals surface area contributed by atoms with Crippen LogP contribution in [0.15, 0.2) is 46.9 Å². The molecule has 2 unspecified atom stereocenters. The van der Waals surface area contributed by atoms with Gasteiger partial charge in [0.1, 0.15) is 17.6 Å². The predicted octanol–water partition coefficient (Wildman–Crippen LogP) is 4.58. The van der Waals surface area contributed by atoms with E-state index in [9.17, 15) is 0 Å². The number of rotatable bonds is 5. The van der Waals surface area contributed by atoms with Crippen LogP contribution in [-0.4, -0.2) is 13.2 Å². The number of ether oxygens (including phenoxy) is 2. The standard InChI is InChI=1S/C16H17BrClNO2/c1-10(19)16(11-4-3-5-12(18)8-11)21-15-7-6-13(20-2)9-14(15)17/h3-10,16H,19H2,1-2H3. The van der Waals surface area contributed by atoms with E-state index >= 15 is 0 Å². The zero-order chi connectivity index (χ0) is 15.4. The molecule has 2 aromatic carbocycles. The van der Waals surface area contributed by atoms with Gasteiger partial charge in [-0.25, -0.2) is 0 Å². The molecule has 2 aromatic rings. The van der Waals surface area contributed by atoms with Crippen molar-refractivity contribution in [3.05, 3.63) is 57.5 Å². The van der Waals surface area contributed by atoms with Crippen molar-refractivity contribution in [1.29, 1.82) is 0 Å². The first kappa shape index (κ1) is 16.1. The molecule has 0 heterocycles. The zero-order valence-electron chi connectivity index (χ0n) is 11.8. The first-order valence-corrected chi connectivity index (χ1v) is 7.69. The fraction of sp³-hybridized carbons (Fsp3) is 0.250. The van der Waals surface area contributed by atoms with E-state index in [4.69, 9.17) is 26.8 Å². The highest BCUT2D eigenvalue weighted by molar-refractivity contribution is 9.10. The van der Waals surface area contributed by atoms with Crippen molar-refractivity contribution >= 4 is 27.5 Å². The highest BCUT2D eigenvalue weighted by atomic mass is 79.9. The molecule has 0 spiro atoms. The molecule has 0 aliphatic heterocycles. The smallest absolute Gasteiger partial charge is 0.139 e. The van der Waals surface area contributed by atoms with Gasteiger partial charge in [0.2, 0.25) is 0 Å². The lowest BCUT2D eigenvalue weighted by Crippen LogP contribution is -2.29. The van der Waals surface area contributed by atoms with Crippen LogP contribution in [0.3, 0.4) is 0 Å². The molecule has 3 nitrogen and oxygen atoms in total. The van der Waals surface area contributed by atoms with Crippen molar-refractivity contribution in [3.8, 4) is 11.5 Å². The third-order valence-corrected chi connectivity index (χ3v) is 3.90. The fourth-order valence-corrected chi connectivity index (χ4v) is 2.65. The molecule has 0 saturated heterocycles. The Morgan fingerprint density at radius 1 is 1.19 bits per heavy atom. The van der Waals surface area contributed by atoms with E-state index < -0.39 is 0 Å². The molecule has 2 N–H and O–H groups in total. The lowest BCUT2D eigenvalue weighted by Gasteiger charge is -2.24. The molecule has 0 fully saturated rings. The molecule has 0 aromatic heterocycles. The molecule has 5 heteroatoms. The maximum Gasteiger partial charge on any atom is 0.139 e. The molecule has 21 heavy (non-hydrogen) atoms. The van der Waals surface area contributed by atoms with E-state index in [1.807, 2.05) is 49.4 Å². The van der Waals surface area contributed by atoms with Crippen LogP contribution in [0.25, 0.3) is 0 Å². The van der Waals surface area contributed by atoms with Crippen molar-refractivity contribution in [2.45, 2.75) is 19.1 Å². The normalized spacial score (nSPS) is 13.6. The second-order valence-electron chi connectivity index (χ2n) is 4.75. The van der Waals surface area contributed by atoms with Gasteiger partial charge in [0.05, 0.1) is 11.6 Å². The van der Waals surface area contributed by atoms with E-state index in [1.165, 1.54) is 0 Å². The third-order valence-electron chi connectivity index (χ3n) is 3.05. The van der Waals surface area contributed by atoms with E-state index in [0.29, 0.717) is 10.8 Å². The van der Waals surface area contributed by atoms with Crippen molar-refractivity contribution in [2.24, 2.45) is 5.73 Å². The lowest BCUT2D eigenvalue weighted by atomic mass is 10.0. The number of halogens is 2. The van der Waals surface area contributed by atoms with Crippen LogP contribution in [0.2, 0.25) is 5.02 Å². The Kier molecular flexibility index (Phi) is 5.51. The highest BCUT2D eigenvalue weighted by Gasteiger charge is 2.20. The Hall–Kier alpha value is -1.23. The molecule has 2 rings (SSSR count). The van der Waals surface area contributed by atoms with Gasteiger partial charge in [-0.2, -0.15) is 0 Å². The lowest BCUT2D eigenvalue weighted by molar-refractivity contribution is 0.179. The van der Waals surface area contributed by atoms with Crippen molar-refractivity contribution in [3.63, 3.8) is 0 Å². The maximum absolute atomic E-state index is 6.06. The van der Waals surface area contributed by atoms with Crippen LogP contribution in [0.4, 0.5) is 0 Å². The Balaban J connectivity index is 2.29. The van der Waals surface area contributed by atoms with E-state index in [-0.39, 0.29) is 12.1 Å². The summed E-state index contributed by atoms with van der Waals surface area (Å²) in [6.45, 7) is 1.91. The molecular formula is C16H17BrClNO2. The second kappa shape index (κ2) is 7.16. The van der Waals surface area contributed by atoms with Crippen LogP contribution in [0.1, 0.15) is 18.6 Å². The summed E-state index contributed by atoms with van der Waals surface area (Å²) in [5.74, 6) is 1.47. The largest absolute Gasteiger partial charge is 0.497 e. The molecule has 0 saturated carbocycles. The Labute approximate surface area is 138 Å². The van der Waals surface area contributed by atoms with Crippen molar-refractivity contribution in [2.75, 3.05) is 7.11 Å². The SMILES string of the molecule is COc1ccc(OC(c2cccc(Cl)c2)C(C)N)c(Br)c1. The number of benzene rings is 2. The van der Waals surface area contributed by atoms with Crippen LogP contribution < -0.4 is 15.2 Å². The van der Waals surface area contributed by atoms with Crippen LogP contribution in [0.5, 0.6) is 11.5 Å². The summed E-state index contributed by atoms with van der Waals surface area (Å²) in [6.07, 6.45) is -0.284. The van der Waals surface area contributed by atoms with Gasteiger partial charge in [0, 0.05) is 11.1 Å². The molecule has 0 amide bonds. The molecule has 2 atom stereocenters. The Morgan fingerprint density at radius 3 is 2.52 bits per heavy atom. The van der Waals surface area contributed by atoms with Gasteiger partial charge < -0.3 is 15.2 Å². The topological polar surface area (TPSA) is 44.5 Å². The van der Waals surface area contributed by atoms with Crippen LogP contribution in [0, 0.1) is 0 Å². The maximum atomic E-state index is 6.06. The van der Waals surface area contributed by atoms with Gasteiger partial charge in [-0.3, -0.25) is 0 Å². The van der Waals surface area contributed by atoms with Gasteiger partial charge >= 0.3 is 0 Å². The zero-order valence-corrected chi connectivity index (χ0v) is 14.2. The number of hydrogen-bond donors (Lipinski definition) is 1. The van der Waals surface area contributed by atoms with Crippen LogP contribution >= 0.6 is 27.5 Å². The van der Waals surface area contributed by atoms with E-state index in [0.717, 1.165) is 15.8 Å². The Bertz CT molecular complexity index is 619. The second-order valence-corrected chi connectivity index (χ2v) is 6.04. The summed E-state index contributed by atoms with van der Waals surface area (Å²) in [4.78, 5) is 0. The Morgan fingerprint density at radius 2 is 1.95 bits per heavy atom. The highest BCUT2D eigenvalue weighted by Crippen LogP contribution is 2.33. The molecular weight excluding hydrogens is 354 g/mol. The minimum Gasteiger partial charge on any atom is -0.497 e. The molecule has 0 aliphatic rings. The number of hydrogen-bond acceptors (Lipinski definition) is 3. The van der Waals surface area contributed by atoms with Gasteiger partial charge in [-0.15, -0.1) is 0 Å². The van der Waals surface area contributed by atoms with Crippen molar-refractivity contribution in [1.82, 2.24) is 0 Å². The monoisotopic (exact) mass is 369 g/mol. The molecule has 0 aliphatic carbocycles. The quantitative estimate of drug-likeness (QED) is 0.838. The first-order chi connectivity index (χ1) is 10.0. The van der Waals surface area contributed by atoms with Crippen LogP contribution in [-0.2, 0) is 0 Å². The third kappa shape index (κ3) is 4.13. The summed E-state index contributed by atoms with van der Waals surface area (Å²) in [7, 11) is 1.62. The number of methoxy groups -OCH3 is 1. The molecule has 112 valence electrons. The summed E-state index contributed by atoms with van der Waals surface area (Å²) < 4.78 is 12.1. The minimum atomic E-state index is -0.284.